The molecule has 9 heteroatoms. The third kappa shape index (κ3) is 6.93. The Hall–Kier alpha value is -4.40. The number of fused-ring (bicyclic) bond motifs is 1. The van der Waals surface area contributed by atoms with E-state index in [2.05, 4.69) is 9.80 Å². The molecule has 4 rings (SSSR count). The van der Waals surface area contributed by atoms with Crippen molar-refractivity contribution >= 4 is 45.7 Å². The SMILES string of the molecule is CCOC(=O)CC(=O)N(Cc1ccc2ccc(C(=N)N)cc2c1)c1ccc(N2CCCN(C(C)=N)CC2)cc1. The highest BCUT2D eigenvalue weighted by Gasteiger charge is 2.21. The number of hydrogen-bond donors (Lipinski definition) is 3. The Morgan fingerprint density at radius 1 is 0.949 bits per heavy atom. The molecule has 4 N–H and O–H groups in total. The van der Waals surface area contributed by atoms with Gasteiger partial charge in [0.2, 0.25) is 5.91 Å². The molecule has 3 aromatic rings. The second-order valence-corrected chi connectivity index (χ2v) is 9.70. The predicted octanol–water partition coefficient (Wildman–Crippen LogP) is 4.12. The predicted molar refractivity (Wildman–Crippen MR) is 156 cm³/mol. The molecule has 0 bridgehead atoms. The van der Waals surface area contributed by atoms with Gasteiger partial charge in [-0.3, -0.25) is 20.4 Å². The second kappa shape index (κ2) is 12.4. The minimum absolute atomic E-state index is 0.00119. The average Bonchev–Trinajstić information content (AvgIpc) is 3.18. The Bertz CT molecular complexity index is 1370. The fourth-order valence-electron chi connectivity index (χ4n) is 4.85. The van der Waals surface area contributed by atoms with Crippen LogP contribution in [-0.4, -0.2) is 61.2 Å². The highest BCUT2D eigenvalue weighted by molar-refractivity contribution is 6.03. The number of hydrogen-bond acceptors (Lipinski definition) is 6. The van der Waals surface area contributed by atoms with E-state index in [4.69, 9.17) is 21.3 Å². The van der Waals surface area contributed by atoms with Crippen LogP contribution >= 0.6 is 0 Å². The first-order chi connectivity index (χ1) is 18.7. The number of anilines is 2. The lowest BCUT2D eigenvalue weighted by Crippen LogP contribution is -2.33. The van der Waals surface area contributed by atoms with Crippen LogP contribution in [0.3, 0.4) is 0 Å². The van der Waals surface area contributed by atoms with Crippen molar-refractivity contribution in [3.8, 4) is 0 Å². The number of ether oxygens (including phenoxy) is 1. The van der Waals surface area contributed by atoms with E-state index < -0.39 is 5.97 Å². The Balaban J connectivity index is 1.59. The summed E-state index contributed by atoms with van der Waals surface area (Å²) in [5, 5.41) is 17.6. The fourth-order valence-corrected chi connectivity index (χ4v) is 4.85. The highest BCUT2D eigenvalue weighted by Crippen LogP contribution is 2.26. The molecule has 0 radical (unpaired) electrons. The van der Waals surface area contributed by atoms with Crippen LogP contribution in [0.1, 0.15) is 37.8 Å². The number of nitrogens with zero attached hydrogens (tertiary/aromatic N) is 3. The Labute approximate surface area is 229 Å². The lowest BCUT2D eigenvalue weighted by molar-refractivity contribution is -0.145. The number of amides is 1. The zero-order valence-electron chi connectivity index (χ0n) is 22.6. The minimum atomic E-state index is -0.552. The second-order valence-electron chi connectivity index (χ2n) is 9.70. The summed E-state index contributed by atoms with van der Waals surface area (Å²) in [5.41, 5.74) is 8.95. The van der Waals surface area contributed by atoms with Crippen molar-refractivity contribution in [1.82, 2.24) is 4.90 Å². The van der Waals surface area contributed by atoms with Gasteiger partial charge in [0, 0.05) is 43.1 Å². The number of nitrogen functional groups attached to an aromatic ring is 1. The van der Waals surface area contributed by atoms with Gasteiger partial charge in [-0.1, -0.05) is 24.3 Å². The maximum Gasteiger partial charge on any atom is 0.315 e. The van der Waals surface area contributed by atoms with E-state index in [-0.39, 0.29) is 31.3 Å². The number of carbonyl (C=O) groups is 2. The molecular weight excluding hydrogens is 492 g/mol. The van der Waals surface area contributed by atoms with Crippen molar-refractivity contribution in [2.24, 2.45) is 5.73 Å². The van der Waals surface area contributed by atoms with Gasteiger partial charge in [-0.05, 0) is 73.0 Å². The number of benzene rings is 3. The number of nitrogens with one attached hydrogen (secondary N) is 2. The molecule has 0 spiro atoms. The van der Waals surface area contributed by atoms with E-state index >= 15 is 0 Å². The van der Waals surface area contributed by atoms with E-state index in [0.29, 0.717) is 17.1 Å². The quantitative estimate of drug-likeness (QED) is 0.175. The molecule has 1 aliphatic rings. The first-order valence-corrected chi connectivity index (χ1v) is 13.2. The lowest BCUT2D eigenvalue weighted by atomic mass is 10.0. The molecule has 1 aliphatic heterocycles. The molecule has 39 heavy (non-hydrogen) atoms. The fraction of sp³-hybridized carbons (Fsp3) is 0.333. The van der Waals surface area contributed by atoms with Crippen molar-refractivity contribution in [2.75, 3.05) is 42.6 Å². The molecule has 1 saturated heterocycles. The van der Waals surface area contributed by atoms with Crippen LogP contribution in [0.25, 0.3) is 10.8 Å². The van der Waals surface area contributed by atoms with Crippen LogP contribution in [0.4, 0.5) is 11.4 Å². The van der Waals surface area contributed by atoms with Gasteiger partial charge in [-0.25, -0.2) is 0 Å². The molecule has 1 fully saturated rings. The monoisotopic (exact) mass is 528 g/mol. The van der Waals surface area contributed by atoms with Crippen LogP contribution in [-0.2, 0) is 20.9 Å². The molecule has 1 heterocycles. The van der Waals surface area contributed by atoms with E-state index in [1.54, 1.807) is 11.8 Å². The van der Waals surface area contributed by atoms with Gasteiger partial charge in [-0.15, -0.1) is 0 Å². The Kier molecular flexibility index (Phi) is 8.81. The molecular formula is C30H36N6O3. The van der Waals surface area contributed by atoms with Crippen molar-refractivity contribution in [1.29, 1.82) is 10.8 Å². The Morgan fingerprint density at radius 2 is 1.69 bits per heavy atom. The molecule has 0 atom stereocenters. The molecule has 0 aromatic heterocycles. The van der Waals surface area contributed by atoms with Crippen molar-refractivity contribution in [3.63, 3.8) is 0 Å². The van der Waals surface area contributed by atoms with E-state index in [0.717, 1.165) is 54.6 Å². The molecule has 1 amide bonds. The minimum Gasteiger partial charge on any atom is -0.466 e. The normalized spacial score (nSPS) is 13.6. The third-order valence-electron chi connectivity index (χ3n) is 6.96. The van der Waals surface area contributed by atoms with Crippen molar-refractivity contribution in [3.05, 3.63) is 71.8 Å². The molecule has 204 valence electrons. The summed E-state index contributed by atoms with van der Waals surface area (Å²) in [4.78, 5) is 31.5. The van der Waals surface area contributed by atoms with Crippen LogP contribution in [0.15, 0.2) is 60.7 Å². The molecule has 0 aliphatic carbocycles. The average molecular weight is 529 g/mol. The van der Waals surface area contributed by atoms with Gasteiger partial charge in [-0.2, -0.15) is 0 Å². The molecule has 9 nitrogen and oxygen atoms in total. The lowest BCUT2D eigenvalue weighted by Gasteiger charge is -2.26. The molecule has 0 saturated carbocycles. The first kappa shape index (κ1) is 27.6. The highest BCUT2D eigenvalue weighted by atomic mass is 16.5. The van der Waals surface area contributed by atoms with Gasteiger partial charge < -0.3 is 25.2 Å². The van der Waals surface area contributed by atoms with Gasteiger partial charge in [0.15, 0.2) is 0 Å². The number of esters is 1. The van der Waals surface area contributed by atoms with Gasteiger partial charge in [0.25, 0.3) is 0 Å². The maximum absolute atomic E-state index is 13.3. The summed E-state index contributed by atoms with van der Waals surface area (Å²) >= 11 is 0. The third-order valence-corrected chi connectivity index (χ3v) is 6.96. The van der Waals surface area contributed by atoms with Gasteiger partial charge in [0.1, 0.15) is 12.3 Å². The number of nitrogens with two attached hydrogens (primary N) is 1. The Morgan fingerprint density at radius 3 is 2.38 bits per heavy atom. The van der Waals surface area contributed by atoms with E-state index in [9.17, 15) is 9.59 Å². The van der Waals surface area contributed by atoms with Crippen LogP contribution in [0, 0.1) is 10.8 Å². The molecule has 0 unspecified atom stereocenters. The summed E-state index contributed by atoms with van der Waals surface area (Å²) < 4.78 is 5.03. The zero-order valence-corrected chi connectivity index (χ0v) is 22.6. The van der Waals surface area contributed by atoms with Crippen molar-refractivity contribution < 1.29 is 14.3 Å². The first-order valence-electron chi connectivity index (χ1n) is 13.2. The number of rotatable bonds is 8. The standard InChI is InChI=1S/C30H36N6O3/c1-3-39-29(38)19-28(37)36(20-22-5-6-23-7-8-24(30(32)33)18-25(23)17-22)27-11-9-26(10-12-27)35-14-4-13-34(15-16-35)21(2)31/h5-12,17-18,31H,3-4,13-16,19-20H2,1-2H3,(H3,32,33). The van der Waals surface area contributed by atoms with Crippen LogP contribution < -0.4 is 15.5 Å². The number of amidine groups is 2. The summed E-state index contributed by atoms with van der Waals surface area (Å²) in [5.74, 6) is -0.303. The summed E-state index contributed by atoms with van der Waals surface area (Å²) in [6.07, 6.45) is 0.623. The van der Waals surface area contributed by atoms with Gasteiger partial charge in [0.05, 0.1) is 19.0 Å². The van der Waals surface area contributed by atoms with E-state index in [1.165, 1.54) is 0 Å². The summed E-state index contributed by atoms with van der Waals surface area (Å²) in [6, 6.07) is 19.4. The van der Waals surface area contributed by atoms with Crippen LogP contribution in [0.2, 0.25) is 0 Å². The largest absolute Gasteiger partial charge is 0.466 e. The topological polar surface area (TPSA) is 127 Å². The summed E-state index contributed by atoms with van der Waals surface area (Å²) in [6.45, 7) is 7.42. The van der Waals surface area contributed by atoms with E-state index in [1.807, 2.05) is 67.6 Å². The van der Waals surface area contributed by atoms with Crippen LogP contribution in [0.5, 0.6) is 0 Å². The van der Waals surface area contributed by atoms with Gasteiger partial charge >= 0.3 is 5.97 Å². The summed E-state index contributed by atoms with van der Waals surface area (Å²) in [7, 11) is 0. The van der Waals surface area contributed by atoms with Crippen molar-refractivity contribution in [2.45, 2.75) is 33.2 Å². The maximum atomic E-state index is 13.3. The zero-order chi connectivity index (χ0) is 27.9. The molecule has 3 aromatic carbocycles. The number of carbonyl (C=O) groups excluding carboxylic acids is 2. The smallest absolute Gasteiger partial charge is 0.315 e.